The molecule has 3 N–H and O–H groups in total. The minimum atomic E-state index is -0.983. The lowest BCUT2D eigenvalue weighted by molar-refractivity contribution is -0.144. The molecular formula is C15H18N2O5. The molecule has 22 heavy (non-hydrogen) atoms. The zero-order valence-electron chi connectivity index (χ0n) is 12.0. The van der Waals surface area contributed by atoms with E-state index in [0.29, 0.717) is 0 Å². The van der Waals surface area contributed by atoms with Crippen molar-refractivity contribution in [2.45, 2.75) is 25.5 Å². The van der Waals surface area contributed by atoms with Crippen LogP contribution in [0.15, 0.2) is 30.3 Å². The summed E-state index contributed by atoms with van der Waals surface area (Å²) in [5.74, 6) is -2.37. The van der Waals surface area contributed by atoms with Crippen LogP contribution in [0, 0.1) is 5.92 Å². The van der Waals surface area contributed by atoms with Gasteiger partial charge in [0.2, 0.25) is 5.91 Å². The zero-order chi connectivity index (χ0) is 16.1. The number of benzene rings is 1. The van der Waals surface area contributed by atoms with Gasteiger partial charge in [-0.25, -0.2) is 4.79 Å². The molecule has 0 bridgehead atoms. The van der Waals surface area contributed by atoms with Gasteiger partial charge in [0.05, 0.1) is 5.92 Å². The number of hydrogen-bond donors (Lipinski definition) is 2. The van der Waals surface area contributed by atoms with Crippen LogP contribution in [0.3, 0.4) is 0 Å². The Hall–Kier alpha value is -2.57. The number of piperidine rings is 1. The van der Waals surface area contributed by atoms with Crippen LogP contribution in [0.1, 0.15) is 18.4 Å². The van der Waals surface area contributed by atoms with Crippen molar-refractivity contribution in [3.8, 4) is 0 Å². The van der Waals surface area contributed by atoms with Crippen molar-refractivity contribution in [3.63, 3.8) is 0 Å². The summed E-state index contributed by atoms with van der Waals surface area (Å²) in [7, 11) is 0. The van der Waals surface area contributed by atoms with E-state index in [0.717, 1.165) is 5.56 Å². The van der Waals surface area contributed by atoms with E-state index in [9.17, 15) is 14.4 Å². The summed E-state index contributed by atoms with van der Waals surface area (Å²) in [6.45, 7) is 0.224. The molecule has 0 aromatic heterocycles. The fourth-order valence-electron chi connectivity index (χ4n) is 2.48. The maximum atomic E-state index is 12.1. The van der Waals surface area contributed by atoms with Crippen LogP contribution in [0.4, 0.5) is 4.79 Å². The lowest BCUT2D eigenvalue weighted by atomic mass is 9.91. The van der Waals surface area contributed by atoms with Gasteiger partial charge in [0, 0.05) is 6.54 Å². The SMILES string of the molecule is NC(=O)C1CC(C(=O)O)CCN1C(=O)OCc1ccccc1. The van der Waals surface area contributed by atoms with Gasteiger partial charge >= 0.3 is 12.1 Å². The zero-order valence-corrected chi connectivity index (χ0v) is 12.0. The minimum Gasteiger partial charge on any atom is -0.481 e. The van der Waals surface area contributed by atoms with Crippen LogP contribution in [-0.2, 0) is 20.9 Å². The molecule has 1 aliphatic rings. The van der Waals surface area contributed by atoms with Crippen molar-refractivity contribution >= 4 is 18.0 Å². The van der Waals surface area contributed by atoms with E-state index in [-0.39, 0.29) is 26.0 Å². The predicted molar refractivity (Wildman–Crippen MR) is 76.7 cm³/mol. The minimum absolute atomic E-state index is 0.0190. The molecule has 2 unspecified atom stereocenters. The van der Waals surface area contributed by atoms with Crippen molar-refractivity contribution in [1.29, 1.82) is 0 Å². The second-order valence-electron chi connectivity index (χ2n) is 5.21. The predicted octanol–water partition coefficient (Wildman–Crippen LogP) is 0.974. The number of carbonyl (C=O) groups is 3. The van der Waals surface area contributed by atoms with Gasteiger partial charge in [-0.05, 0) is 18.4 Å². The van der Waals surface area contributed by atoms with E-state index in [1.165, 1.54) is 4.90 Å². The van der Waals surface area contributed by atoms with Crippen molar-refractivity contribution in [2.75, 3.05) is 6.54 Å². The normalized spacial score (nSPS) is 21.2. The molecule has 1 fully saturated rings. The van der Waals surface area contributed by atoms with E-state index >= 15 is 0 Å². The summed E-state index contributed by atoms with van der Waals surface area (Å²) in [6.07, 6.45) is -0.360. The summed E-state index contributed by atoms with van der Waals surface area (Å²) in [4.78, 5) is 35.8. The number of rotatable bonds is 4. The number of primary amides is 1. The van der Waals surface area contributed by atoms with Gasteiger partial charge in [0.1, 0.15) is 12.6 Å². The van der Waals surface area contributed by atoms with Gasteiger partial charge in [-0.1, -0.05) is 30.3 Å². The number of amides is 2. The summed E-state index contributed by atoms with van der Waals surface area (Å²) in [5.41, 5.74) is 6.11. The quantitative estimate of drug-likeness (QED) is 0.861. The highest BCUT2D eigenvalue weighted by atomic mass is 16.6. The number of carbonyl (C=O) groups excluding carboxylic acids is 2. The molecule has 0 aliphatic carbocycles. The summed E-state index contributed by atoms with van der Waals surface area (Å²) >= 11 is 0. The Morgan fingerprint density at radius 1 is 1.27 bits per heavy atom. The molecule has 2 atom stereocenters. The molecule has 1 saturated heterocycles. The highest BCUT2D eigenvalue weighted by Gasteiger charge is 2.38. The molecule has 0 radical (unpaired) electrons. The largest absolute Gasteiger partial charge is 0.481 e. The number of carboxylic acid groups (broad SMARTS) is 1. The number of hydrogen-bond acceptors (Lipinski definition) is 4. The molecule has 7 nitrogen and oxygen atoms in total. The number of carboxylic acids is 1. The Labute approximate surface area is 127 Å². The Bertz CT molecular complexity index is 560. The monoisotopic (exact) mass is 306 g/mol. The van der Waals surface area contributed by atoms with E-state index in [4.69, 9.17) is 15.6 Å². The van der Waals surface area contributed by atoms with Gasteiger partial charge < -0.3 is 15.6 Å². The number of aliphatic carboxylic acids is 1. The van der Waals surface area contributed by atoms with E-state index < -0.39 is 29.9 Å². The molecule has 1 aromatic rings. The topological polar surface area (TPSA) is 110 Å². The number of nitrogens with zero attached hydrogens (tertiary/aromatic N) is 1. The highest BCUT2D eigenvalue weighted by molar-refractivity contribution is 5.85. The standard InChI is InChI=1S/C15H18N2O5/c16-13(18)12-8-11(14(19)20)6-7-17(12)15(21)22-9-10-4-2-1-3-5-10/h1-5,11-12H,6-9H2,(H2,16,18)(H,19,20). The third-order valence-corrected chi connectivity index (χ3v) is 3.72. The first kappa shape index (κ1) is 15.8. The average Bonchev–Trinajstić information content (AvgIpc) is 2.52. The molecule has 7 heteroatoms. The molecule has 1 heterocycles. The molecular weight excluding hydrogens is 288 g/mol. The summed E-state index contributed by atoms with van der Waals surface area (Å²) in [6, 6.07) is 8.19. The smallest absolute Gasteiger partial charge is 0.410 e. The van der Waals surface area contributed by atoms with Crippen molar-refractivity contribution in [1.82, 2.24) is 4.90 Å². The Kier molecular flexibility index (Phi) is 4.98. The molecule has 0 spiro atoms. The third kappa shape index (κ3) is 3.75. The number of ether oxygens (including phenoxy) is 1. The maximum absolute atomic E-state index is 12.1. The Morgan fingerprint density at radius 3 is 2.55 bits per heavy atom. The van der Waals surface area contributed by atoms with Crippen LogP contribution in [0.5, 0.6) is 0 Å². The molecule has 2 rings (SSSR count). The summed E-state index contributed by atoms with van der Waals surface area (Å²) in [5, 5.41) is 9.03. The molecule has 2 amide bonds. The van der Waals surface area contributed by atoms with E-state index in [2.05, 4.69) is 0 Å². The van der Waals surface area contributed by atoms with E-state index in [1.807, 2.05) is 30.3 Å². The molecule has 0 saturated carbocycles. The van der Waals surface area contributed by atoms with Crippen LogP contribution in [0.25, 0.3) is 0 Å². The molecule has 1 aromatic carbocycles. The van der Waals surface area contributed by atoms with Gasteiger partial charge in [0.15, 0.2) is 0 Å². The van der Waals surface area contributed by atoms with Gasteiger partial charge in [-0.2, -0.15) is 0 Å². The fraction of sp³-hybridized carbons (Fsp3) is 0.400. The highest BCUT2D eigenvalue weighted by Crippen LogP contribution is 2.24. The molecule has 118 valence electrons. The van der Waals surface area contributed by atoms with Crippen LogP contribution in [0.2, 0.25) is 0 Å². The first-order valence-electron chi connectivity index (χ1n) is 6.98. The van der Waals surface area contributed by atoms with Crippen molar-refractivity contribution < 1.29 is 24.2 Å². The lowest BCUT2D eigenvalue weighted by Crippen LogP contribution is -2.53. The van der Waals surface area contributed by atoms with Crippen molar-refractivity contribution in [2.24, 2.45) is 11.7 Å². The molecule has 1 aliphatic heterocycles. The van der Waals surface area contributed by atoms with E-state index in [1.54, 1.807) is 0 Å². The Balaban J connectivity index is 1.98. The van der Waals surface area contributed by atoms with Crippen LogP contribution >= 0.6 is 0 Å². The lowest BCUT2D eigenvalue weighted by Gasteiger charge is -2.35. The fourth-order valence-corrected chi connectivity index (χ4v) is 2.48. The van der Waals surface area contributed by atoms with Gasteiger partial charge in [-0.15, -0.1) is 0 Å². The average molecular weight is 306 g/mol. The van der Waals surface area contributed by atoms with Crippen LogP contribution in [-0.4, -0.2) is 40.6 Å². The summed E-state index contributed by atoms with van der Waals surface area (Å²) < 4.78 is 5.18. The number of likely N-dealkylation sites (tertiary alicyclic amines) is 1. The van der Waals surface area contributed by atoms with Crippen molar-refractivity contribution in [3.05, 3.63) is 35.9 Å². The number of nitrogens with two attached hydrogens (primary N) is 1. The van der Waals surface area contributed by atoms with Gasteiger partial charge in [-0.3, -0.25) is 14.5 Å². The van der Waals surface area contributed by atoms with Gasteiger partial charge in [0.25, 0.3) is 0 Å². The maximum Gasteiger partial charge on any atom is 0.410 e. The second-order valence-corrected chi connectivity index (χ2v) is 5.21. The third-order valence-electron chi connectivity index (χ3n) is 3.72. The first-order chi connectivity index (χ1) is 10.5. The first-order valence-corrected chi connectivity index (χ1v) is 6.98. The Morgan fingerprint density at radius 2 is 1.95 bits per heavy atom. The second kappa shape index (κ2) is 6.93. The van der Waals surface area contributed by atoms with Crippen LogP contribution < -0.4 is 5.73 Å².